The maximum Gasteiger partial charge on any atom is 0.0813 e. The van der Waals surface area contributed by atoms with Crippen LogP contribution in [0.3, 0.4) is 0 Å². The first-order chi connectivity index (χ1) is 4.83. The highest BCUT2D eigenvalue weighted by Crippen LogP contribution is 2.04. The Morgan fingerprint density at radius 1 is 1.27 bits per heavy atom. The molecule has 3 heteroatoms. The summed E-state index contributed by atoms with van der Waals surface area (Å²) in [6, 6.07) is 0.298. The lowest BCUT2D eigenvalue weighted by Crippen LogP contribution is -2.44. The van der Waals surface area contributed by atoms with Crippen molar-refractivity contribution in [3.63, 3.8) is 0 Å². The highest BCUT2D eigenvalue weighted by Gasteiger charge is 2.13. The maximum atomic E-state index is 5.62. The minimum atomic E-state index is -0.150. The van der Waals surface area contributed by atoms with E-state index >= 15 is 0 Å². The Morgan fingerprint density at radius 2 is 1.73 bits per heavy atom. The summed E-state index contributed by atoms with van der Waals surface area (Å²) in [6.45, 7) is 9.93. The highest BCUT2D eigenvalue weighted by molar-refractivity contribution is 4.67. The van der Waals surface area contributed by atoms with Crippen LogP contribution in [0.25, 0.3) is 0 Å². The molecule has 0 saturated heterocycles. The van der Waals surface area contributed by atoms with Crippen LogP contribution in [0.2, 0.25) is 0 Å². The number of hydrogen-bond acceptors (Lipinski definition) is 3. The molecule has 2 unspecified atom stereocenters. The van der Waals surface area contributed by atoms with Crippen LogP contribution in [0.4, 0.5) is 0 Å². The first-order valence-corrected chi connectivity index (χ1v) is 4.02. The van der Waals surface area contributed by atoms with Gasteiger partial charge in [0.2, 0.25) is 0 Å². The van der Waals surface area contributed by atoms with Gasteiger partial charge in [-0.3, -0.25) is 4.84 Å². The monoisotopic (exact) mass is 160 g/mol. The summed E-state index contributed by atoms with van der Waals surface area (Å²) in [4.78, 5) is 5.32. The van der Waals surface area contributed by atoms with Crippen molar-refractivity contribution >= 4 is 0 Å². The topological polar surface area (TPSA) is 47.3 Å². The van der Waals surface area contributed by atoms with Gasteiger partial charge in [-0.15, -0.1) is 0 Å². The lowest BCUT2D eigenvalue weighted by molar-refractivity contribution is -0.0881. The predicted octanol–water partition coefficient (Wildman–Crippen LogP) is 1.04. The fourth-order valence-electron chi connectivity index (χ4n) is 0.377. The highest BCUT2D eigenvalue weighted by atomic mass is 16.7. The lowest BCUT2D eigenvalue weighted by Gasteiger charge is -2.24. The van der Waals surface area contributed by atoms with Gasteiger partial charge in [-0.2, -0.15) is 5.48 Å². The Kier molecular flexibility index (Phi) is 4.00. The molecule has 0 aliphatic carbocycles. The summed E-state index contributed by atoms with van der Waals surface area (Å²) in [5.74, 6) is 0. The third-order valence-electron chi connectivity index (χ3n) is 1.34. The normalized spacial score (nSPS) is 18.0. The Balaban J connectivity index is 3.54. The van der Waals surface area contributed by atoms with Crippen LogP contribution in [0, 0.1) is 0 Å². The molecule has 0 heterocycles. The molecular formula is C8H20N2O. The van der Waals surface area contributed by atoms with E-state index in [2.05, 4.69) is 5.48 Å². The van der Waals surface area contributed by atoms with E-state index in [4.69, 9.17) is 10.6 Å². The third kappa shape index (κ3) is 6.28. The van der Waals surface area contributed by atoms with Crippen molar-refractivity contribution in [3.05, 3.63) is 0 Å². The Bertz CT molecular complexity index is 107. The Labute approximate surface area is 69.3 Å². The molecule has 0 bridgehead atoms. The first-order valence-electron chi connectivity index (χ1n) is 4.02. The quantitative estimate of drug-likeness (QED) is 0.606. The second-order valence-electron chi connectivity index (χ2n) is 3.98. The van der Waals surface area contributed by atoms with E-state index in [-0.39, 0.29) is 17.7 Å². The van der Waals surface area contributed by atoms with E-state index in [0.717, 1.165) is 0 Å². The number of nitrogens with two attached hydrogens (primary N) is 1. The zero-order valence-electron chi connectivity index (χ0n) is 8.14. The number of rotatable bonds is 3. The molecular weight excluding hydrogens is 140 g/mol. The minimum absolute atomic E-state index is 0.109. The zero-order valence-corrected chi connectivity index (χ0v) is 8.14. The summed E-state index contributed by atoms with van der Waals surface area (Å²) in [7, 11) is 0. The molecule has 0 saturated carbocycles. The third-order valence-corrected chi connectivity index (χ3v) is 1.34. The molecule has 0 aromatic rings. The molecule has 11 heavy (non-hydrogen) atoms. The molecule has 0 aromatic heterocycles. The molecule has 0 radical (unpaired) electrons. The van der Waals surface area contributed by atoms with Crippen LogP contribution in [0.1, 0.15) is 34.6 Å². The molecule has 0 aliphatic rings. The van der Waals surface area contributed by atoms with Crippen LogP contribution < -0.4 is 11.2 Å². The SMILES string of the molecule is CC(N)C(C)NOC(C)(C)C. The largest absolute Gasteiger partial charge is 0.326 e. The molecule has 3 nitrogen and oxygen atoms in total. The molecule has 0 spiro atoms. The molecule has 0 rings (SSSR count). The lowest BCUT2D eigenvalue weighted by atomic mass is 10.2. The maximum absolute atomic E-state index is 5.62. The van der Waals surface area contributed by atoms with Crippen molar-refractivity contribution < 1.29 is 4.84 Å². The smallest absolute Gasteiger partial charge is 0.0813 e. The molecule has 0 amide bonds. The van der Waals surface area contributed by atoms with Crippen molar-refractivity contribution in [1.29, 1.82) is 0 Å². The Hall–Kier alpha value is -0.120. The first kappa shape index (κ1) is 10.9. The van der Waals surface area contributed by atoms with Gasteiger partial charge in [-0.1, -0.05) is 0 Å². The van der Waals surface area contributed by atoms with E-state index in [1.807, 2.05) is 34.6 Å². The van der Waals surface area contributed by atoms with Gasteiger partial charge in [-0.05, 0) is 34.6 Å². The van der Waals surface area contributed by atoms with E-state index in [9.17, 15) is 0 Å². The molecule has 3 N–H and O–H groups in total. The zero-order chi connectivity index (χ0) is 9.07. The van der Waals surface area contributed by atoms with Crippen molar-refractivity contribution in [2.24, 2.45) is 5.73 Å². The average Bonchev–Trinajstić information content (AvgIpc) is 1.80. The molecule has 0 aromatic carbocycles. The van der Waals surface area contributed by atoms with Crippen molar-refractivity contribution in [2.45, 2.75) is 52.3 Å². The second-order valence-corrected chi connectivity index (χ2v) is 3.98. The number of hydrogen-bond donors (Lipinski definition) is 2. The van der Waals surface area contributed by atoms with Crippen LogP contribution >= 0.6 is 0 Å². The van der Waals surface area contributed by atoms with Crippen molar-refractivity contribution in [2.75, 3.05) is 0 Å². The fraction of sp³-hybridized carbons (Fsp3) is 1.00. The molecule has 0 fully saturated rings. The fourth-order valence-corrected chi connectivity index (χ4v) is 0.377. The van der Waals surface area contributed by atoms with Gasteiger partial charge in [0.25, 0.3) is 0 Å². The van der Waals surface area contributed by atoms with Gasteiger partial charge >= 0.3 is 0 Å². The van der Waals surface area contributed by atoms with Crippen molar-refractivity contribution in [1.82, 2.24) is 5.48 Å². The minimum Gasteiger partial charge on any atom is -0.326 e. The van der Waals surface area contributed by atoms with E-state index in [1.165, 1.54) is 0 Å². The van der Waals surface area contributed by atoms with Crippen LogP contribution in [0.15, 0.2) is 0 Å². The number of hydroxylamine groups is 1. The van der Waals surface area contributed by atoms with Gasteiger partial charge < -0.3 is 5.73 Å². The molecule has 0 aliphatic heterocycles. The summed E-state index contributed by atoms with van der Waals surface area (Å²) in [5, 5.41) is 0. The summed E-state index contributed by atoms with van der Waals surface area (Å²) in [6.07, 6.45) is 0. The van der Waals surface area contributed by atoms with Gasteiger partial charge in [0.15, 0.2) is 0 Å². The van der Waals surface area contributed by atoms with Crippen LogP contribution in [-0.2, 0) is 4.84 Å². The van der Waals surface area contributed by atoms with Gasteiger partial charge in [0, 0.05) is 12.1 Å². The molecule has 2 atom stereocenters. The Morgan fingerprint density at radius 3 is 2.00 bits per heavy atom. The standard InChI is InChI=1S/C8H20N2O/c1-6(9)7(2)10-11-8(3,4)5/h6-7,10H,9H2,1-5H3. The van der Waals surface area contributed by atoms with Gasteiger partial charge in [0.05, 0.1) is 5.60 Å². The van der Waals surface area contributed by atoms with E-state index in [0.29, 0.717) is 0 Å². The van der Waals surface area contributed by atoms with Gasteiger partial charge in [-0.25, -0.2) is 0 Å². The second kappa shape index (κ2) is 4.04. The van der Waals surface area contributed by atoms with Gasteiger partial charge in [0.1, 0.15) is 0 Å². The summed E-state index contributed by atoms with van der Waals surface area (Å²) >= 11 is 0. The van der Waals surface area contributed by atoms with Crippen LogP contribution in [0.5, 0.6) is 0 Å². The van der Waals surface area contributed by atoms with Crippen LogP contribution in [-0.4, -0.2) is 17.7 Å². The summed E-state index contributed by atoms with van der Waals surface area (Å²) in [5.41, 5.74) is 8.37. The van der Waals surface area contributed by atoms with E-state index < -0.39 is 0 Å². The summed E-state index contributed by atoms with van der Waals surface area (Å²) < 4.78 is 0. The molecule has 68 valence electrons. The average molecular weight is 160 g/mol. The number of nitrogens with one attached hydrogen (secondary N) is 1. The predicted molar refractivity (Wildman–Crippen MR) is 47.1 cm³/mol. The van der Waals surface area contributed by atoms with E-state index in [1.54, 1.807) is 0 Å². The van der Waals surface area contributed by atoms with Crippen molar-refractivity contribution in [3.8, 4) is 0 Å².